The van der Waals surface area contributed by atoms with Gasteiger partial charge in [0.25, 0.3) is 0 Å². The van der Waals surface area contributed by atoms with E-state index in [2.05, 4.69) is 6.42 Å². The molecule has 51 valence electrons. The molecule has 0 saturated carbocycles. The second-order valence-corrected chi connectivity index (χ2v) is 2.61. The maximum Gasteiger partial charge on any atom is 0.123 e. The van der Waals surface area contributed by atoms with Crippen LogP contribution in [0.25, 0.3) is 0 Å². The Kier molecular flexibility index (Phi) is 1.23. The Balaban J connectivity index is 2.52. The second-order valence-electron chi connectivity index (χ2n) is 2.61. The van der Waals surface area contributed by atoms with Gasteiger partial charge in [0.1, 0.15) is 5.82 Å². The lowest BCUT2D eigenvalue weighted by Crippen LogP contribution is -1.82. The molecule has 1 radical (unpaired) electrons. The molecule has 2 rings (SSSR count). The van der Waals surface area contributed by atoms with Crippen LogP contribution >= 0.6 is 0 Å². The van der Waals surface area contributed by atoms with E-state index in [-0.39, 0.29) is 5.82 Å². The van der Waals surface area contributed by atoms with Crippen LogP contribution in [0.2, 0.25) is 0 Å². The van der Waals surface area contributed by atoms with Gasteiger partial charge in [-0.3, -0.25) is 0 Å². The molecule has 1 aliphatic carbocycles. The van der Waals surface area contributed by atoms with E-state index in [0.29, 0.717) is 0 Å². The van der Waals surface area contributed by atoms with E-state index in [9.17, 15) is 4.39 Å². The van der Waals surface area contributed by atoms with Crippen LogP contribution in [0.3, 0.4) is 0 Å². The van der Waals surface area contributed by atoms with E-state index in [1.807, 2.05) is 6.07 Å². The highest BCUT2D eigenvalue weighted by atomic mass is 19.1. The summed E-state index contributed by atoms with van der Waals surface area (Å²) in [5.41, 5.74) is 2.43. The fourth-order valence-corrected chi connectivity index (χ4v) is 1.37. The molecule has 0 unspecified atom stereocenters. The molecule has 0 fully saturated rings. The van der Waals surface area contributed by atoms with Crippen LogP contribution in [0.5, 0.6) is 0 Å². The third-order valence-corrected chi connectivity index (χ3v) is 1.90. The van der Waals surface area contributed by atoms with Crippen LogP contribution in [0.15, 0.2) is 18.2 Å². The fraction of sp³-hybridized carbons (Fsp3) is 0.222. The van der Waals surface area contributed by atoms with Gasteiger partial charge < -0.3 is 0 Å². The molecule has 0 saturated heterocycles. The number of benzene rings is 1. The zero-order valence-corrected chi connectivity index (χ0v) is 5.60. The minimum atomic E-state index is -0.117. The highest BCUT2D eigenvalue weighted by molar-refractivity contribution is 5.34. The second kappa shape index (κ2) is 2.08. The Morgan fingerprint density at radius 1 is 1.10 bits per heavy atom. The molecule has 0 spiro atoms. The summed E-state index contributed by atoms with van der Waals surface area (Å²) in [5, 5.41) is 0. The van der Waals surface area contributed by atoms with E-state index in [4.69, 9.17) is 0 Å². The van der Waals surface area contributed by atoms with Crippen LogP contribution in [0.4, 0.5) is 4.39 Å². The minimum Gasteiger partial charge on any atom is -0.207 e. The number of hydrogen-bond acceptors (Lipinski definition) is 0. The predicted octanol–water partition coefficient (Wildman–Crippen LogP) is 2.13. The van der Waals surface area contributed by atoms with Gasteiger partial charge in [-0.1, -0.05) is 6.07 Å². The Labute approximate surface area is 59.7 Å². The maximum absolute atomic E-state index is 12.5. The smallest absolute Gasteiger partial charge is 0.123 e. The number of fused-ring (bicyclic) bond motifs is 1. The quantitative estimate of drug-likeness (QED) is 0.511. The van der Waals surface area contributed by atoms with Crippen LogP contribution < -0.4 is 0 Å². The lowest BCUT2D eigenvalue weighted by Gasteiger charge is -1.95. The van der Waals surface area contributed by atoms with Gasteiger partial charge in [0, 0.05) is 0 Å². The Bertz CT molecular complexity index is 253. The predicted molar refractivity (Wildman–Crippen MR) is 38.1 cm³/mol. The van der Waals surface area contributed by atoms with Crippen molar-refractivity contribution in [1.82, 2.24) is 0 Å². The van der Waals surface area contributed by atoms with Crippen molar-refractivity contribution in [3.8, 4) is 0 Å². The average Bonchev–Trinajstić information content (AvgIpc) is 2.33. The van der Waals surface area contributed by atoms with Crippen molar-refractivity contribution < 1.29 is 4.39 Å². The Morgan fingerprint density at radius 2 is 1.90 bits per heavy atom. The highest BCUT2D eigenvalue weighted by Crippen LogP contribution is 2.21. The van der Waals surface area contributed by atoms with Crippen molar-refractivity contribution >= 4 is 0 Å². The molecular formula is C9H8F. The van der Waals surface area contributed by atoms with Crippen molar-refractivity contribution in [3.63, 3.8) is 0 Å². The molecule has 0 aliphatic heterocycles. The van der Waals surface area contributed by atoms with Crippen LogP contribution in [0, 0.1) is 12.2 Å². The van der Waals surface area contributed by atoms with Crippen molar-refractivity contribution in [2.75, 3.05) is 0 Å². The van der Waals surface area contributed by atoms with E-state index >= 15 is 0 Å². The molecule has 0 nitrogen and oxygen atoms in total. The number of hydrogen-bond donors (Lipinski definition) is 0. The normalized spacial score (nSPS) is 15.3. The highest BCUT2D eigenvalue weighted by Gasteiger charge is 2.10. The first-order chi connectivity index (χ1) is 4.86. The van der Waals surface area contributed by atoms with Crippen molar-refractivity contribution in [2.45, 2.75) is 12.8 Å². The summed E-state index contributed by atoms with van der Waals surface area (Å²) in [6.45, 7) is 0. The monoisotopic (exact) mass is 135 g/mol. The van der Waals surface area contributed by atoms with Gasteiger partial charge in [-0.05, 0) is 42.5 Å². The first-order valence-corrected chi connectivity index (χ1v) is 3.45. The lowest BCUT2D eigenvalue weighted by atomic mass is 10.1. The van der Waals surface area contributed by atoms with Crippen LogP contribution in [-0.2, 0) is 12.8 Å². The minimum absolute atomic E-state index is 0.117. The van der Waals surface area contributed by atoms with Crippen molar-refractivity contribution in [2.24, 2.45) is 0 Å². The van der Waals surface area contributed by atoms with E-state index in [0.717, 1.165) is 18.4 Å². The first kappa shape index (κ1) is 5.90. The molecule has 1 heteroatoms. The maximum atomic E-state index is 12.5. The van der Waals surface area contributed by atoms with E-state index in [1.165, 1.54) is 11.6 Å². The summed E-state index contributed by atoms with van der Waals surface area (Å²) in [6.07, 6.45) is 4.12. The average molecular weight is 135 g/mol. The third-order valence-electron chi connectivity index (χ3n) is 1.90. The summed E-state index contributed by atoms with van der Waals surface area (Å²) in [6, 6.07) is 5.02. The topological polar surface area (TPSA) is 0 Å². The van der Waals surface area contributed by atoms with E-state index < -0.39 is 0 Å². The van der Waals surface area contributed by atoms with Gasteiger partial charge in [0.2, 0.25) is 0 Å². The zero-order valence-electron chi connectivity index (χ0n) is 5.60. The largest absolute Gasteiger partial charge is 0.207 e. The molecule has 1 aromatic rings. The number of rotatable bonds is 0. The fourth-order valence-electron chi connectivity index (χ4n) is 1.37. The molecule has 1 aliphatic rings. The SMILES string of the molecule is Fc1ccc2c(c1)C[CH]C2. The van der Waals surface area contributed by atoms with Crippen molar-refractivity contribution in [1.29, 1.82) is 0 Å². The summed E-state index contributed by atoms with van der Waals surface area (Å²) in [5.74, 6) is -0.117. The molecule has 0 heterocycles. The van der Waals surface area contributed by atoms with Gasteiger partial charge in [-0.15, -0.1) is 0 Å². The molecular weight excluding hydrogens is 127 g/mol. The Morgan fingerprint density at radius 3 is 2.80 bits per heavy atom. The molecule has 10 heavy (non-hydrogen) atoms. The summed E-state index contributed by atoms with van der Waals surface area (Å²) in [4.78, 5) is 0. The van der Waals surface area contributed by atoms with Gasteiger partial charge in [0.15, 0.2) is 0 Å². The first-order valence-electron chi connectivity index (χ1n) is 3.45. The van der Waals surface area contributed by atoms with Crippen molar-refractivity contribution in [3.05, 3.63) is 41.6 Å². The summed E-state index contributed by atoms with van der Waals surface area (Å²) < 4.78 is 12.5. The zero-order chi connectivity index (χ0) is 6.97. The molecule has 0 N–H and O–H groups in total. The van der Waals surface area contributed by atoms with Gasteiger partial charge in [-0.2, -0.15) is 0 Å². The summed E-state index contributed by atoms with van der Waals surface area (Å²) >= 11 is 0. The van der Waals surface area contributed by atoms with Gasteiger partial charge in [-0.25, -0.2) is 4.39 Å². The van der Waals surface area contributed by atoms with Gasteiger partial charge in [0.05, 0.1) is 0 Å². The van der Waals surface area contributed by atoms with E-state index in [1.54, 1.807) is 6.07 Å². The van der Waals surface area contributed by atoms with Gasteiger partial charge >= 0.3 is 0 Å². The molecule has 1 aromatic carbocycles. The molecule has 0 amide bonds. The molecule has 0 atom stereocenters. The van der Waals surface area contributed by atoms with Crippen LogP contribution in [-0.4, -0.2) is 0 Å². The number of halogens is 1. The molecule has 0 aromatic heterocycles. The standard InChI is InChI=1S/C9H8F/c10-9-5-4-7-2-1-3-8(7)6-9/h1,4-6H,2-3H2. The Hall–Kier alpha value is -0.850. The third kappa shape index (κ3) is 0.821. The lowest BCUT2D eigenvalue weighted by molar-refractivity contribution is 0.626. The van der Waals surface area contributed by atoms with Crippen LogP contribution in [0.1, 0.15) is 11.1 Å². The molecule has 0 bridgehead atoms. The summed E-state index contributed by atoms with van der Waals surface area (Å²) in [7, 11) is 0.